The van der Waals surface area contributed by atoms with Gasteiger partial charge in [0, 0.05) is 50.6 Å². The average Bonchev–Trinajstić information content (AvgIpc) is 3.04. The van der Waals surface area contributed by atoms with Crippen LogP contribution in [0.15, 0.2) is 6.33 Å². The Hall–Kier alpha value is -1.28. The van der Waals surface area contributed by atoms with Crippen molar-refractivity contribution in [3.63, 3.8) is 0 Å². The summed E-state index contributed by atoms with van der Waals surface area (Å²) < 4.78 is 0. The summed E-state index contributed by atoms with van der Waals surface area (Å²) in [6, 6.07) is 0. The van der Waals surface area contributed by atoms with Gasteiger partial charge in [-0.2, -0.15) is 0 Å². The predicted octanol–water partition coefficient (Wildman–Crippen LogP) is 2.65. The second kappa shape index (κ2) is 8.39. The molecule has 8 heteroatoms. The number of hydrogen-bond donors (Lipinski definition) is 0. The molecule has 0 unspecified atom stereocenters. The molecule has 4 rings (SSSR count). The lowest BCUT2D eigenvalue weighted by atomic mass is 10.1. The van der Waals surface area contributed by atoms with Gasteiger partial charge < -0.3 is 9.80 Å². The molecule has 1 fully saturated rings. The van der Waals surface area contributed by atoms with Crippen LogP contribution in [0.25, 0.3) is 10.2 Å². The molecule has 2 aliphatic rings. The summed E-state index contributed by atoms with van der Waals surface area (Å²) in [7, 11) is 2.11. The highest BCUT2D eigenvalue weighted by Gasteiger charge is 2.23. The highest BCUT2D eigenvalue weighted by molar-refractivity contribution is 7.19. The Labute approximate surface area is 169 Å². The lowest BCUT2D eigenvalue weighted by Crippen LogP contribution is -2.47. The Bertz CT molecular complexity index is 818. The number of piperazine rings is 1. The van der Waals surface area contributed by atoms with Gasteiger partial charge in [0.15, 0.2) is 0 Å². The van der Waals surface area contributed by atoms with E-state index in [1.54, 1.807) is 17.7 Å². The van der Waals surface area contributed by atoms with Crippen molar-refractivity contribution >= 4 is 39.1 Å². The van der Waals surface area contributed by atoms with Crippen LogP contribution in [0.1, 0.15) is 29.7 Å². The number of unbranched alkanes of at least 4 members (excludes halogenated alkanes) is 1. The zero-order valence-corrected chi connectivity index (χ0v) is 17.4. The van der Waals surface area contributed by atoms with Gasteiger partial charge in [0.2, 0.25) is 5.91 Å². The molecule has 0 N–H and O–H groups in total. The average molecular weight is 408 g/mol. The van der Waals surface area contributed by atoms with E-state index in [0.717, 1.165) is 75.3 Å². The van der Waals surface area contributed by atoms with Gasteiger partial charge >= 0.3 is 0 Å². The molecule has 0 radical (unpaired) electrons. The van der Waals surface area contributed by atoms with E-state index >= 15 is 0 Å². The van der Waals surface area contributed by atoms with Crippen molar-refractivity contribution in [2.24, 2.45) is 0 Å². The van der Waals surface area contributed by atoms with Crippen LogP contribution in [0, 0.1) is 0 Å². The number of halogens is 1. The molecular formula is C19H26ClN5OS. The summed E-state index contributed by atoms with van der Waals surface area (Å²) in [4.78, 5) is 30.0. The molecule has 0 atom stereocenters. The fourth-order valence-electron chi connectivity index (χ4n) is 3.96. The number of thiophene rings is 1. The third-order valence-electron chi connectivity index (χ3n) is 5.64. The first-order chi connectivity index (χ1) is 13.1. The number of carbonyl (C=O) groups is 1. The molecule has 2 aliphatic heterocycles. The molecule has 6 nitrogen and oxygen atoms in total. The van der Waals surface area contributed by atoms with E-state index in [9.17, 15) is 4.79 Å². The standard InChI is InChI=1S/C19H26ClN5OS/c1-23-8-10-25(11-9-23)16(26)4-2-3-6-24-7-5-14-15(12-24)27-19-17(14)18(20)21-13-22-19/h13H,2-12H2,1H3. The van der Waals surface area contributed by atoms with Crippen molar-refractivity contribution in [2.45, 2.75) is 32.2 Å². The molecule has 1 saturated heterocycles. The Kier molecular flexibility index (Phi) is 5.92. The molecule has 0 aromatic carbocycles. The first-order valence-corrected chi connectivity index (χ1v) is 10.9. The summed E-state index contributed by atoms with van der Waals surface area (Å²) in [6.45, 7) is 6.78. The normalized spacial score (nSPS) is 18.8. The van der Waals surface area contributed by atoms with E-state index in [-0.39, 0.29) is 0 Å². The number of fused-ring (bicyclic) bond motifs is 3. The number of likely N-dealkylation sites (N-methyl/N-ethyl adjacent to an activating group) is 1. The van der Waals surface area contributed by atoms with E-state index in [1.165, 1.54) is 10.4 Å². The minimum Gasteiger partial charge on any atom is -0.340 e. The Morgan fingerprint density at radius 3 is 2.81 bits per heavy atom. The zero-order valence-electron chi connectivity index (χ0n) is 15.8. The number of carbonyl (C=O) groups excluding carboxylic acids is 1. The van der Waals surface area contributed by atoms with Gasteiger partial charge in [-0.1, -0.05) is 11.6 Å². The largest absolute Gasteiger partial charge is 0.340 e. The van der Waals surface area contributed by atoms with Crippen molar-refractivity contribution in [1.82, 2.24) is 24.7 Å². The topological polar surface area (TPSA) is 52.6 Å². The van der Waals surface area contributed by atoms with Crippen molar-refractivity contribution < 1.29 is 4.79 Å². The maximum atomic E-state index is 12.3. The van der Waals surface area contributed by atoms with Crippen LogP contribution in [0.4, 0.5) is 0 Å². The molecule has 27 heavy (non-hydrogen) atoms. The van der Waals surface area contributed by atoms with Gasteiger partial charge in [-0.3, -0.25) is 9.69 Å². The number of rotatable bonds is 5. The van der Waals surface area contributed by atoms with Gasteiger partial charge in [0.05, 0.1) is 5.39 Å². The Morgan fingerprint density at radius 2 is 2.00 bits per heavy atom. The summed E-state index contributed by atoms with van der Waals surface area (Å²) >= 11 is 8.02. The van der Waals surface area contributed by atoms with E-state index in [0.29, 0.717) is 17.5 Å². The highest BCUT2D eigenvalue weighted by atomic mass is 35.5. The minimum atomic E-state index is 0.321. The van der Waals surface area contributed by atoms with E-state index in [4.69, 9.17) is 11.6 Å². The maximum absolute atomic E-state index is 12.3. The van der Waals surface area contributed by atoms with Gasteiger partial charge in [0.1, 0.15) is 16.3 Å². The summed E-state index contributed by atoms with van der Waals surface area (Å²) in [5, 5.41) is 1.63. The molecule has 0 bridgehead atoms. The molecule has 1 amide bonds. The molecule has 2 aromatic rings. The summed E-state index contributed by atoms with van der Waals surface area (Å²) in [6.07, 6.45) is 5.26. The van der Waals surface area contributed by atoms with Crippen molar-refractivity contribution in [1.29, 1.82) is 0 Å². The molecular weight excluding hydrogens is 382 g/mol. The third-order valence-corrected chi connectivity index (χ3v) is 7.05. The third kappa shape index (κ3) is 4.26. The number of nitrogens with zero attached hydrogens (tertiary/aromatic N) is 5. The Morgan fingerprint density at radius 1 is 1.19 bits per heavy atom. The fourth-order valence-corrected chi connectivity index (χ4v) is 5.49. The van der Waals surface area contributed by atoms with E-state index in [2.05, 4.69) is 26.8 Å². The number of hydrogen-bond acceptors (Lipinski definition) is 6. The van der Waals surface area contributed by atoms with Crippen LogP contribution in [-0.4, -0.2) is 76.9 Å². The van der Waals surface area contributed by atoms with Crippen LogP contribution in [0.3, 0.4) is 0 Å². The second-order valence-electron chi connectivity index (χ2n) is 7.52. The van der Waals surface area contributed by atoms with E-state index < -0.39 is 0 Å². The molecule has 146 valence electrons. The minimum absolute atomic E-state index is 0.321. The maximum Gasteiger partial charge on any atom is 0.222 e. The first kappa shape index (κ1) is 19.1. The van der Waals surface area contributed by atoms with Crippen LogP contribution < -0.4 is 0 Å². The fraction of sp³-hybridized carbons (Fsp3) is 0.632. The van der Waals surface area contributed by atoms with Gasteiger partial charge in [0.25, 0.3) is 0 Å². The molecule has 0 spiro atoms. The van der Waals surface area contributed by atoms with Crippen molar-refractivity contribution in [3.05, 3.63) is 21.9 Å². The summed E-state index contributed by atoms with van der Waals surface area (Å²) in [5.41, 5.74) is 1.34. The van der Waals surface area contributed by atoms with Crippen LogP contribution in [0.5, 0.6) is 0 Å². The van der Waals surface area contributed by atoms with E-state index in [1.807, 2.05) is 4.90 Å². The second-order valence-corrected chi connectivity index (χ2v) is 8.96. The van der Waals surface area contributed by atoms with Crippen LogP contribution >= 0.6 is 22.9 Å². The van der Waals surface area contributed by atoms with Crippen LogP contribution in [0.2, 0.25) is 5.15 Å². The monoisotopic (exact) mass is 407 g/mol. The molecule has 2 aromatic heterocycles. The van der Waals surface area contributed by atoms with Crippen molar-refractivity contribution in [2.75, 3.05) is 46.3 Å². The number of aromatic nitrogens is 2. The first-order valence-electron chi connectivity index (χ1n) is 9.71. The molecule has 0 aliphatic carbocycles. The predicted molar refractivity (Wildman–Crippen MR) is 109 cm³/mol. The van der Waals surface area contributed by atoms with Crippen LogP contribution in [-0.2, 0) is 17.8 Å². The lowest BCUT2D eigenvalue weighted by Gasteiger charge is -2.32. The lowest BCUT2D eigenvalue weighted by molar-refractivity contribution is -0.132. The molecule has 4 heterocycles. The SMILES string of the molecule is CN1CCN(C(=O)CCCCN2CCc3c(sc4ncnc(Cl)c34)C2)CC1. The zero-order chi connectivity index (χ0) is 18.8. The molecule has 0 saturated carbocycles. The van der Waals surface area contributed by atoms with Gasteiger partial charge in [-0.15, -0.1) is 11.3 Å². The quantitative estimate of drug-likeness (QED) is 0.563. The number of amides is 1. The highest BCUT2D eigenvalue weighted by Crippen LogP contribution is 2.36. The van der Waals surface area contributed by atoms with Crippen molar-refractivity contribution in [3.8, 4) is 0 Å². The van der Waals surface area contributed by atoms with Gasteiger partial charge in [-0.25, -0.2) is 9.97 Å². The Balaban J connectivity index is 1.24. The summed E-state index contributed by atoms with van der Waals surface area (Å²) in [5.74, 6) is 0.321. The smallest absolute Gasteiger partial charge is 0.222 e. The van der Waals surface area contributed by atoms with Gasteiger partial charge in [-0.05, 0) is 38.4 Å².